The molecule has 2 saturated heterocycles. The second kappa shape index (κ2) is 9.78. The topological polar surface area (TPSA) is 135 Å². The Hall–Kier alpha value is -3.79. The number of anilines is 1. The highest BCUT2D eigenvalue weighted by atomic mass is 16.5. The number of urea groups is 1. The van der Waals surface area contributed by atoms with Crippen molar-refractivity contribution in [1.82, 2.24) is 20.2 Å². The maximum absolute atomic E-state index is 12.9. The number of nitrogens with one attached hydrogen (secondary N) is 2. The number of imide groups is 1. The highest BCUT2D eigenvalue weighted by molar-refractivity contribution is 6.08. The number of aliphatic imine (C=N–C) groups is 1. The van der Waals surface area contributed by atoms with Crippen LogP contribution >= 0.6 is 0 Å². The summed E-state index contributed by atoms with van der Waals surface area (Å²) in [5.74, 6) is 1.29. The van der Waals surface area contributed by atoms with E-state index in [1.165, 1.54) is 17.3 Å². The van der Waals surface area contributed by atoms with E-state index in [1.807, 2.05) is 0 Å². The summed E-state index contributed by atoms with van der Waals surface area (Å²) in [6.45, 7) is 2.04. The zero-order valence-electron chi connectivity index (χ0n) is 18.5. The Kier molecular flexibility index (Phi) is 6.64. The van der Waals surface area contributed by atoms with Gasteiger partial charge in [-0.1, -0.05) is 0 Å². The van der Waals surface area contributed by atoms with Crippen LogP contribution in [-0.2, 0) is 4.79 Å². The minimum Gasteiger partial charge on any atom is -0.456 e. The molecule has 0 atom stereocenters. The molecule has 0 radical (unpaired) electrons. The van der Waals surface area contributed by atoms with Crippen molar-refractivity contribution in [3.8, 4) is 11.5 Å². The standard InChI is InChI=1S/C23H27N7O3/c1-25-14-16(13-24)19-12-17(4-8-27-19)33-18-2-3-20(28-15-18)29-22(32)30-11-7-23(21(30)31)5-9-26-10-6-23/h2-4,8,12-15,26H,5-7,9-11,24H2,1H3,(H,28,29,32). The zero-order valence-corrected chi connectivity index (χ0v) is 18.5. The van der Waals surface area contributed by atoms with E-state index >= 15 is 0 Å². The van der Waals surface area contributed by atoms with E-state index in [0.717, 1.165) is 25.9 Å². The molecule has 2 aromatic rings. The van der Waals surface area contributed by atoms with Gasteiger partial charge in [0, 0.05) is 43.8 Å². The maximum Gasteiger partial charge on any atom is 0.329 e. The molecule has 1 spiro atoms. The average Bonchev–Trinajstić information content (AvgIpc) is 3.14. The van der Waals surface area contributed by atoms with Gasteiger partial charge in [0.1, 0.15) is 17.3 Å². The lowest BCUT2D eigenvalue weighted by molar-refractivity contribution is -0.134. The second-order valence-electron chi connectivity index (χ2n) is 8.03. The van der Waals surface area contributed by atoms with Crippen molar-refractivity contribution in [1.29, 1.82) is 0 Å². The summed E-state index contributed by atoms with van der Waals surface area (Å²) < 4.78 is 5.85. The lowest BCUT2D eigenvalue weighted by Crippen LogP contribution is -2.45. The van der Waals surface area contributed by atoms with Crippen LogP contribution in [0.25, 0.3) is 5.57 Å². The summed E-state index contributed by atoms with van der Waals surface area (Å²) >= 11 is 0. The number of nitrogens with zero attached hydrogens (tertiary/aromatic N) is 4. The number of nitrogens with two attached hydrogens (primary N) is 1. The van der Waals surface area contributed by atoms with Crippen molar-refractivity contribution in [3.05, 3.63) is 48.6 Å². The predicted molar refractivity (Wildman–Crippen MR) is 125 cm³/mol. The van der Waals surface area contributed by atoms with Crippen LogP contribution in [0.4, 0.5) is 10.6 Å². The number of allylic oxidation sites excluding steroid dienone is 1. The molecular weight excluding hydrogens is 422 g/mol. The first-order valence-corrected chi connectivity index (χ1v) is 10.8. The average molecular weight is 450 g/mol. The van der Waals surface area contributed by atoms with Crippen LogP contribution < -0.4 is 21.1 Å². The van der Waals surface area contributed by atoms with Crippen molar-refractivity contribution >= 4 is 29.5 Å². The fourth-order valence-corrected chi connectivity index (χ4v) is 4.18. The minimum atomic E-state index is -0.450. The van der Waals surface area contributed by atoms with Crippen LogP contribution in [0.3, 0.4) is 0 Å². The van der Waals surface area contributed by atoms with Crippen LogP contribution in [0.5, 0.6) is 11.5 Å². The number of likely N-dealkylation sites (tertiary alicyclic amines) is 1. The zero-order chi connectivity index (χ0) is 23.3. The Balaban J connectivity index is 1.38. The number of hydrogen-bond acceptors (Lipinski definition) is 8. The normalized spacial score (nSPS) is 18.2. The van der Waals surface area contributed by atoms with Crippen LogP contribution in [0.1, 0.15) is 25.0 Å². The Morgan fingerprint density at radius 1 is 1.24 bits per heavy atom. The quantitative estimate of drug-likeness (QED) is 0.597. The molecule has 10 heteroatoms. The molecule has 2 aromatic heterocycles. The van der Waals surface area contributed by atoms with E-state index in [0.29, 0.717) is 41.5 Å². The summed E-state index contributed by atoms with van der Waals surface area (Å²) in [7, 11) is 1.65. The molecule has 33 heavy (non-hydrogen) atoms. The first kappa shape index (κ1) is 22.4. The van der Waals surface area contributed by atoms with Crippen molar-refractivity contribution in [2.24, 2.45) is 16.1 Å². The molecular formula is C23H27N7O3. The molecule has 0 aliphatic carbocycles. The Morgan fingerprint density at radius 2 is 2.06 bits per heavy atom. The minimum absolute atomic E-state index is 0.0889. The number of pyridine rings is 2. The number of aromatic nitrogens is 2. The summed E-state index contributed by atoms with van der Waals surface area (Å²) in [6, 6.07) is 6.33. The first-order valence-electron chi connectivity index (χ1n) is 10.8. The van der Waals surface area contributed by atoms with E-state index in [9.17, 15) is 9.59 Å². The highest BCUT2D eigenvalue weighted by Gasteiger charge is 2.48. The molecule has 172 valence electrons. The van der Waals surface area contributed by atoms with Gasteiger partial charge in [-0.25, -0.2) is 9.78 Å². The monoisotopic (exact) mass is 449 g/mol. The number of hydrogen-bond donors (Lipinski definition) is 3. The molecule has 4 rings (SSSR count). The van der Waals surface area contributed by atoms with Gasteiger partial charge in [-0.05, 0) is 50.6 Å². The van der Waals surface area contributed by atoms with Gasteiger partial charge in [-0.15, -0.1) is 0 Å². The van der Waals surface area contributed by atoms with Crippen molar-refractivity contribution < 1.29 is 14.3 Å². The molecule has 0 bridgehead atoms. The molecule has 2 fully saturated rings. The third-order valence-corrected chi connectivity index (χ3v) is 6.00. The smallest absolute Gasteiger partial charge is 0.329 e. The molecule has 2 aliphatic rings. The molecule has 0 unspecified atom stereocenters. The van der Waals surface area contributed by atoms with Gasteiger partial charge in [-0.3, -0.25) is 25.0 Å². The summed E-state index contributed by atoms with van der Waals surface area (Å²) in [4.78, 5) is 39.4. The number of carbonyl (C=O) groups is 2. The van der Waals surface area contributed by atoms with E-state index in [-0.39, 0.29) is 5.91 Å². The first-order chi connectivity index (χ1) is 16.0. The molecule has 0 aromatic carbocycles. The molecule has 4 N–H and O–H groups in total. The predicted octanol–water partition coefficient (Wildman–Crippen LogP) is 2.40. The highest BCUT2D eigenvalue weighted by Crippen LogP contribution is 2.40. The van der Waals surface area contributed by atoms with Gasteiger partial charge in [0.05, 0.1) is 17.3 Å². The van der Waals surface area contributed by atoms with E-state index < -0.39 is 11.4 Å². The van der Waals surface area contributed by atoms with Gasteiger partial charge in [-0.2, -0.15) is 0 Å². The number of carbonyl (C=O) groups excluding carboxylic acids is 2. The number of rotatable bonds is 5. The number of amides is 3. The summed E-state index contributed by atoms with van der Waals surface area (Å²) in [5, 5.41) is 5.98. The van der Waals surface area contributed by atoms with Crippen LogP contribution in [-0.4, -0.2) is 59.7 Å². The Bertz CT molecular complexity index is 1080. The van der Waals surface area contributed by atoms with E-state index in [2.05, 4.69) is 25.6 Å². The van der Waals surface area contributed by atoms with Crippen molar-refractivity contribution in [3.63, 3.8) is 0 Å². The second-order valence-corrected chi connectivity index (χ2v) is 8.03. The fourth-order valence-electron chi connectivity index (χ4n) is 4.18. The van der Waals surface area contributed by atoms with Gasteiger partial charge in [0.15, 0.2) is 0 Å². The van der Waals surface area contributed by atoms with Crippen molar-refractivity contribution in [2.45, 2.75) is 19.3 Å². The molecule has 3 amide bonds. The van der Waals surface area contributed by atoms with E-state index in [1.54, 1.807) is 43.7 Å². The largest absolute Gasteiger partial charge is 0.456 e. The van der Waals surface area contributed by atoms with Crippen molar-refractivity contribution in [2.75, 3.05) is 32.0 Å². The summed E-state index contributed by atoms with van der Waals surface area (Å²) in [5.41, 5.74) is 6.53. The molecule has 4 heterocycles. The molecule has 0 saturated carbocycles. The maximum atomic E-state index is 12.9. The van der Waals surface area contributed by atoms with Gasteiger partial charge >= 0.3 is 6.03 Å². The van der Waals surface area contributed by atoms with Gasteiger partial charge in [0.25, 0.3) is 0 Å². The van der Waals surface area contributed by atoms with E-state index in [4.69, 9.17) is 10.5 Å². The van der Waals surface area contributed by atoms with Gasteiger partial charge < -0.3 is 15.8 Å². The van der Waals surface area contributed by atoms with Crippen LogP contribution in [0.15, 0.2) is 47.9 Å². The molecule has 2 aliphatic heterocycles. The van der Waals surface area contributed by atoms with Crippen LogP contribution in [0, 0.1) is 5.41 Å². The molecule has 10 nitrogen and oxygen atoms in total. The lowest BCUT2D eigenvalue weighted by Gasteiger charge is -2.31. The number of piperidine rings is 1. The SMILES string of the molecule is CN=CC(=CN)c1cc(Oc2ccc(NC(=O)N3CCC4(CCNCC4)C3=O)nc2)ccn1. The van der Waals surface area contributed by atoms with Crippen LogP contribution in [0.2, 0.25) is 0 Å². The Morgan fingerprint density at radius 3 is 2.76 bits per heavy atom. The lowest BCUT2D eigenvalue weighted by atomic mass is 9.78. The third-order valence-electron chi connectivity index (χ3n) is 6.00. The third kappa shape index (κ3) is 4.85. The number of ether oxygens (including phenoxy) is 1. The Labute approximate surface area is 192 Å². The van der Waals surface area contributed by atoms with Gasteiger partial charge in [0.2, 0.25) is 5.91 Å². The fraction of sp³-hybridized carbons (Fsp3) is 0.348. The summed E-state index contributed by atoms with van der Waals surface area (Å²) in [6.07, 6.45) is 8.40.